The summed E-state index contributed by atoms with van der Waals surface area (Å²) in [4.78, 5) is 0. The molecule has 1 unspecified atom stereocenters. The molecule has 1 aliphatic heterocycles. The van der Waals surface area contributed by atoms with Gasteiger partial charge in [0.1, 0.15) is 17.1 Å². The molecule has 0 aromatic heterocycles. The number of rotatable bonds is 5. The zero-order chi connectivity index (χ0) is 19.7. The van der Waals surface area contributed by atoms with Crippen LogP contribution < -0.4 is 4.74 Å². The number of phenols is 1. The van der Waals surface area contributed by atoms with Gasteiger partial charge < -0.3 is 9.84 Å². The second kappa shape index (κ2) is 7.81. The van der Waals surface area contributed by atoms with Gasteiger partial charge in [-0.05, 0) is 75.5 Å². The van der Waals surface area contributed by atoms with Crippen molar-refractivity contribution in [2.75, 3.05) is 0 Å². The van der Waals surface area contributed by atoms with Crippen LogP contribution >= 0.6 is 0 Å². The molecule has 1 heterocycles. The lowest BCUT2D eigenvalue weighted by molar-refractivity contribution is -0.00645. The number of hydrogen-bond acceptors (Lipinski definition) is 2. The molecule has 3 atom stereocenters. The second-order valence-electron chi connectivity index (χ2n) is 9.43. The molecule has 4 rings (SSSR count). The molecule has 0 amide bonds. The van der Waals surface area contributed by atoms with Gasteiger partial charge in [-0.15, -0.1) is 0 Å². The van der Waals surface area contributed by atoms with Gasteiger partial charge in [-0.25, -0.2) is 0 Å². The average molecular weight is 379 g/mol. The summed E-state index contributed by atoms with van der Waals surface area (Å²) in [5.41, 5.74) is 3.54. The Labute approximate surface area is 169 Å². The van der Waals surface area contributed by atoms with Crippen LogP contribution in [0.5, 0.6) is 11.5 Å². The predicted octanol–water partition coefficient (Wildman–Crippen LogP) is 6.96. The minimum Gasteiger partial charge on any atom is -0.508 e. The Balaban J connectivity index is 1.51. The lowest BCUT2D eigenvalue weighted by Crippen LogP contribution is -2.45. The maximum atomic E-state index is 10.8. The second-order valence-corrected chi connectivity index (χ2v) is 9.43. The summed E-state index contributed by atoms with van der Waals surface area (Å²) in [6, 6.07) is 14.8. The summed E-state index contributed by atoms with van der Waals surface area (Å²) in [5.74, 6) is 2.88. The molecule has 28 heavy (non-hydrogen) atoms. The Morgan fingerprint density at radius 1 is 1.11 bits per heavy atom. The van der Waals surface area contributed by atoms with E-state index in [0.29, 0.717) is 23.5 Å². The Kier molecular flexibility index (Phi) is 5.40. The highest BCUT2D eigenvalue weighted by Crippen LogP contribution is 2.53. The molecule has 0 radical (unpaired) electrons. The molecule has 0 spiro atoms. The molecule has 1 N–H and O–H groups in total. The van der Waals surface area contributed by atoms with Crippen LogP contribution in [0.25, 0.3) is 0 Å². The van der Waals surface area contributed by atoms with E-state index in [9.17, 15) is 5.11 Å². The van der Waals surface area contributed by atoms with Crippen molar-refractivity contribution in [2.45, 2.75) is 83.2 Å². The van der Waals surface area contributed by atoms with E-state index in [1.807, 2.05) is 6.07 Å². The number of aryl methyl sites for hydroxylation is 1. The lowest BCUT2D eigenvalue weighted by atomic mass is 9.66. The molecule has 2 aromatic rings. The first-order valence-electron chi connectivity index (χ1n) is 11.1. The zero-order valence-electron chi connectivity index (χ0n) is 17.6. The molecule has 0 saturated heterocycles. The quantitative estimate of drug-likeness (QED) is 0.609. The number of phenolic OH excluding ortho intramolecular Hbond substituents is 1. The van der Waals surface area contributed by atoms with E-state index in [1.165, 1.54) is 36.8 Å². The van der Waals surface area contributed by atoms with Gasteiger partial charge in [0, 0.05) is 17.0 Å². The molecule has 1 aliphatic carbocycles. The van der Waals surface area contributed by atoms with Gasteiger partial charge in [0.15, 0.2) is 0 Å². The molecule has 1 saturated carbocycles. The number of hydrogen-bond donors (Lipinski definition) is 1. The molecular weight excluding hydrogens is 344 g/mol. The highest BCUT2D eigenvalue weighted by Gasteiger charge is 2.44. The van der Waals surface area contributed by atoms with E-state index in [1.54, 1.807) is 0 Å². The van der Waals surface area contributed by atoms with Gasteiger partial charge in [-0.2, -0.15) is 0 Å². The van der Waals surface area contributed by atoms with Crippen LogP contribution in [0.4, 0.5) is 0 Å². The van der Waals surface area contributed by atoms with E-state index in [4.69, 9.17) is 4.74 Å². The summed E-state index contributed by atoms with van der Waals surface area (Å²) in [6.45, 7) is 6.72. The first kappa shape index (κ1) is 19.4. The third-order valence-corrected chi connectivity index (χ3v) is 7.07. The maximum Gasteiger partial charge on any atom is 0.124 e. The highest BCUT2D eigenvalue weighted by molar-refractivity contribution is 5.50. The Hall–Kier alpha value is -1.96. The summed E-state index contributed by atoms with van der Waals surface area (Å²) in [7, 11) is 0. The van der Waals surface area contributed by atoms with Crippen molar-refractivity contribution in [3.05, 3.63) is 59.2 Å². The van der Waals surface area contributed by atoms with Crippen molar-refractivity contribution in [1.29, 1.82) is 0 Å². The fourth-order valence-corrected chi connectivity index (χ4v) is 5.48. The fourth-order valence-electron chi connectivity index (χ4n) is 5.48. The standard InChI is InChI=1S/C26H34O2/c1-18(10-9-13-19-11-5-4-6-12-19)21-17-25-22(16-24(21)27)20-14-7-8-15-23(20)26(2,3)28-25/h4-6,11-12,16-18,20,23,27H,7-10,13-15H2,1-3H3/t18?,20-,23-/m1/s1. The van der Waals surface area contributed by atoms with Crippen molar-refractivity contribution in [2.24, 2.45) is 5.92 Å². The molecule has 0 bridgehead atoms. The first-order valence-corrected chi connectivity index (χ1v) is 11.1. The van der Waals surface area contributed by atoms with Crippen molar-refractivity contribution < 1.29 is 9.84 Å². The number of fused-ring (bicyclic) bond motifs is 3. The van der Waals surface area contributed by atoms with Gasteiger partial charge in [0.25, 0.3) is 0 Å². The summed E-state index contributed by atoms with van der Waals surface area (Å²) >= 11 is 0. The van der Waals surface area contributed by atoms with Crippen LogP contribution in [0, 0.1) is 5.92 Å². The third kappa shape index (κ3) is 3.79. The SMILES string of the molecule is CC(CCCc1ccccc1)c1cc2c(cc1O)[C@H]1CCCC[C@H]1C(C)(C)O2. The molecule has 2 aromatic carbocycles. The van der Waals surface area contributed by atoms with Crippen molar-refractivity contribution in [3.8, 4) is 11.5 Å². The molecule has 2 nitrogen and oxygen atoms in total. The van der Waals surface area contributed by atoms with Crippen molar-refractivity contribution in [3.63, 3.8) is 0 Å². The predicted molar refractivity (Wildman–Crippen MR) is 115 cm³/mol. The van der Waals surface area contributed by atoms with Crippen LogP contribution in [-0.4, -0.2) is 10.7 Å². The van der Waals surface area contributed by atoms with Gasteiger partial charge in [-0.1, -0.05) is 50.1 Å². The van der Waals surface area contributed by atoms with Crippen LogP contribution in [-0.2, 0) is 6.42 Å². The smallest absolute Gasteiger partial charge is 0.124 e. The molecule has 1 fully saturated rings. The summed E-state index contributed by atoms with van der Waals surface area (Å²) in [6.07, 6.45) is 8.31. The molecule has 150 valence electrons. The number of benzene rings is 2. The zero-order valence-corrected chi connectivity index (χ0v) is 17.6. The van der Waals surface area contributed by atoms with E-state index in [0.717, 1.165) is 30.6 Å². The topological polar surface area (TPSA) is 29.5 Å². The molecule has 2 heteroatoms. The Bertz CT molecular complexity index is 809. The monoisotopic (exact) mass is 378 g/mol. The maximum absolute atomic E-state index is 10.8. The van der Waals surface area contributed by atoms with Crippen LogP contribution in [0.2, 0.25) is 0 Å². The third-order valence-electron chi connectivity index (χ3n) is 7.07. The lowest BCUT2D eigenvalue weighted by Gasteiger charge is -2.47. The average Bonchev–Trinajstić information content (AvgIpc) is 2.69. The molecular formula is C26H34O2. The summed E-state index contributed by atoms with van der Waals surface area (Å²) in [5, 5.41) is 10.8. The fraction of sp³-hybridized carbons (Fsp3) is 0.538. The van der Waals surface area contributed by atoms with Crippen LogP contribution in [0.1, 0.15) is 87.8 Å². The van der Waals surface area contributed by atoms with Crippen molar-refractivity contribution >= 4 is 0 Å². The van der Waals surface area contributed by atoms with Gasteiger partial charge >= 0.3 is 0 Å². The summed E-state index contributed by atoms with van der Waals surface area (Å²) < 4.78 is 6.50. The van der Waals surface area contributed by atoms with Gasteiger partial charge in [0.05, 0.1) is 0 Å². The van der Waals surface area contributed by atoms with E-state index in [2.05, 4.69) is 57.2 Å². The Morgan fingerprint density at radius 2 is 1.86 bits per heavy atom. The van der Waals surface area contributed by atoms with Gasteiger partial charge in [-0.3, -0.25) is 0 Å². The van der Waals surface area contributed by atoms with E-state index >= 15 is 0 Å². The van der Waals surface area contributed by atoms with E-state index < -0.39 is 0 Å². The number of aromatic hydroxyl groups is 1. The molecule has 2 aliphatic rings. The van der Waals surface area contributed by atoms with Crippen LogP contribution in [0.15, 0.2) is 42.5 Å². The van der Waals surface area contributed by atoms with Crippen molar-refractivity contribution in [1.82, 2.24) is 0 Å². The van der Waals surface area contributed by atoms with E-state index in [-0.39, 0.29) is 5.60 Å². The minimum atomic E-state index is -0.122. The van der Waals surface area contributed by atoms with Crippen LogP contribution in [0.3, 0.4) is 0 Å². The Morgan fingerprint density at radius 3 is 2.64 bits per heavy atom. The minimum absolute atomic E-state index is 0.122. The first-order chi connectivity index (χ1) is 13.5. The highest BCUT2D eigenvalue weighted by atomic mass is 16.5. The number of ether oxygens (including phenoxy) is 1. The largest absolute Gasteiger partial charge is 0.508 e. The van der Waals surface area contributed by atoms with Gasteiger partial charge in [0.2, 0.25) is 0 Å². The normalized spacial score (nSPS) is 24.0.